The van der Waals surface area contributed by atoms with Gasteiger partial charge in [0.1, 0.15) is 12.1 Å². The Labute approximate surface area is 187 Å². The van der Waals surface area contributed by atoms with E-state index in [0.717, 1.165) is 16.9 Å². The normalized spacial score (nSPS) is 10.8. The van der Waals surface area contributed by atoms with Gasteiger partial charge in [-0.1, -0.05) is 12.1 Å². The quantitative estimate of drug-likeness (QED) is 0.290. The molecule has 0 amide bonds. The van der Waals surface area contributed by atoms with Crippen LogP contribution in [0.4, 0.5) is 0 Å². The first-order chi connectivity index (χ1) is 13.7. The molecule has 3 rings (SSSR count). The lowest BCUT2D eigenvalue weighted by atomic mass is 10.2. The summed E-state index contributed by atoms with van der Waals surface area (Å²) in [6.07, 6.45) is 7.15. The third-order valence-electron chi connectivity index (χ3n) is 4.17. The number of hydrogen-bond acceptors (Lipinski definition) is 5. The van der Waals surface area contributed by atoms with Crippen molar-refractivity contribution in [3.63, 3.8) is 0 Å². The molecule has 8 nitrogen and oxygen atoms in total. The average molecular weight is 508 g/mol. The second-order valence-electron chi connectivity index (χ2n) is 5.96. The van der Waals surface area contributed by atoms with Crippen LogP contribution in [0.5, 0.6) is 11.5 Å². The Balaban J connectivity index is 0.00000300. The van der Waals surface area contributed by atoms with E-state index in [2.05, 4.69) is 25.6 Å². The van der Waals surface area contributed by atoms with E-state index in [9.17, 15) is 0 Å². The molecule has 1 aromatic carbocycles. The summed E-state index contributed by atoms with van der Waals surface area (Å²) in [5.74, 6) is 2.94. The van der Waals surface area contributed by atoms with E-state index in [0.29, 0.717) is 30.5 Å². The van der Waals surface area contributed by atoms with E-state index in [1.165, 1.54) is 0 Å². The van der Waals surface area contributed by atoms with Crippen molar-refractivity contribution in [3.8, 4) is 17.3 Å². The highest BCUT2D eigenvalue weighted by atomic mass is 127. The monoisotopic (exact) mass is 508 g/mol. The van der Waals surface area contributed by atoms with Crippen LogP contribution >= 0.6 is 24.0 Å². The molecule has 0 radical (unpaired) electrons. The summed E-state index contributed by atoms with van der Waals surface area (Å²) < 4.78 is 12.5. The largest absolute Gasteiger partial charge is 0.493 e. The number of hydrogen-bond donors (Lipinski definition) is 2. The van der Waals surface area contributed by atoms with Gasteiger partial charge in [0.15, 0.2) is 17.5 Å². The Bertz CT molecular complexity index is 913. The highest BCUT2D eigenvalue weighted by molar-refractivity contribution is 14.0. The maximum Gasteiger partial charge on any atom is 0.191 e. The molecule has 2 aromatic heterocycles. The minimum Gasteiger partial charge on any atom is -0.493 e. The molecule has 0 spiro atoms. The lowest BCUT2D eigenvalue weighted by Gasteiger charge is -2.13. The zero-order valence-corrected chi connectivity index (χ0v) is 19.0. The smallest absolute Gasteiger partial charge is 0.191 e. The molecule has 9 heteroatoms. The first-order valence-electron chi connectivity index (χ1n) is 8.82. The van der Waals surface area contributed by atoms with E-state index < -0.39 is 0 Å². The SMILES string of the molecule is CN=C(NCc1ccc(-n2ccnc2)nc1)NCc1ccc(OC)c(OC)c1.I. The van der Waals surface area contributed by atoms with Gasteiger partial charge in [-0.3, -0.25) is 9.56 Å². The Kier molecular flexibility index (Phi) is 8.71. The minimum atomic E-state index is 0. The predicted octanol–water partition coefficient (Wildman–Crippen LogP) is 2.77. The third kappa shape index (κ3) is 6.08. The number of pyridine rings is 1. The van der Waals surface area contributed by atoms with Gasteiger partial charge in [0.25, 0.3) is 0 Å². The van der Waals surface area contributed by atoms with Crippen LogP contribution in [0.15, 0.2) is 60.2 Å². The summed E-state index contributed by atoms with van der Waals surface area (Å²) in [6.45, 7) is 1.22. The Morgan fingerprint density at radius 1 is 1.03 bits per heavy atom. The van der Waals surface area contributed by atoms with Gasteiger partial charge < -0.3 is 20.1 Å². The summed E-state index contributed by atoms with van der Waals surface area (Å²) in [4.78, 5) is 12.7. The maximum atomic E-state index is 5.34. The van der Waals surface area contributed by atoms with E-state index in [1.807, 2.05) is 47.3 Å². The third-order valence-corrected chi connectivity index (χ3v) is 4.17. The summed E-state index contributed by atoms with van der Waals surface area (Å²) in [5.41, 5.74) is 2.12. The van der Waals surface area contributed by atoms with Gasteiger partial charge in [0, 0.05) is 38.7 Å². The fourth-order valence-electron chi connectivity index (χ4n) is 2.65. The zero-order valence-electron chi connectivity index (χ0n) is 16.6. The van der Waals surface area contributed by atoms with Crippen molar-refractivity contribution in [1.29, 1.82) is 0 Å². The van der Waals surface area contributed by atoms with E-state index in [1.54, 1.807) is 33.8 Å². The average Bonchev–Trinajstić information content (AvgIpc) is 3.29. The minimum absolute atomic E-state index is 0. The number of aromatic nitrogens is 3. The van der Waals surface area contributed by atoms with E-state index in [-0.39, 0.29) is 24.0 Å². The first-order valence-corrected chi connectivity index (χ1v) is 8.82. The molecule has 3 aromatic rings. The van der Waals surface area contributed by atoms with Gasteiger partial charge in [-0.2, -0.15) is 0 Å². The Morgan fingerprint density at radius 3 is 2.34 bits per heavy atom. The van der Waals surface area contributed by atoms with Crippen molar-refractivity contribution in [2.45, 2.75) is 13.1 Å². The van der Waals surface area contributed by atoms with Gasteiger partial charge >= 0.3 is 0 Å². The predicted molar refractivity (Wildman–Crippen MR) is 123 cm³/mol. The zero-order chi connectivity index (χ0) is 19.8. The molecular weight excluding hydrogens is 483 g/mol. The Morgan fingerprint density at radius 2 is 1.76 bits per heavy atom. The summed E-state index contributed by atoms with van der Waals surface area (Å²) >= 11 is 0. The Hall–Kier alpha value is -2.82. The first kappa shape index (κ1) is 22.5. The molecule has 0 fully saturated rings. The molecule has 0 saturated carbocycles. The van der Waals surface area contributed by atoms with E-state index >= 15 is 0 Å². The van der Waals surface area contributed by atoms with Crippen molar-refractivity contribution in [3.05, 3.63) is 66.4 Å². The summed E-state index contributed by atoms with van der Waals surface area (Å²) in [5, 5.41) is 6.57. The molecular formula is C20H25IN6O2. The molecule has 0 aliphatic heterocycles. The van der Waals surface area contributed by atoms with Crippen molar-refractivity contribution >= 4 is 29.9 Å². The molecule has 0 aliphatic carbocycles. The molecule has 154 valence electrons. The van der Waals surface area contributed by atoms with Crippen LogP contribution < -0.4 is 20.1 Å². The number of guanidine groups is 1. The number of aliphatic imine (C=N–C) groups is 1. The topological polar surface area (TPSA) is 85.6 Å². The van der Waals surface area contributed by atoms with Crippen molar-refractivity contribution in [2.75, 3.05) is 21.3 Å². The number of benzene rings is 1. The maximum absolute atomic E-state index is 5.34. The number of imidazole rings is 1. The number of nitrogens with one attached hydrogen (secondary N) is 2. The molecule has 0 aliphatic rings. The summed E-state index contributed by atoms with van der Waals surface area (Å²) in [7, 11) is 4.99. The van der Waals surface area contributed by atoms with Crippen LogP contribution in [0.2, 0.25) is 0 Å². The molecule has 0 atom stereocenters. The van der Waals surface area contributed by atoms with Gasteiger partial charge in [-0.15, -0.1) is 24.0 Å². The van der Waals surface area contributed by atoms with Gasteiger partial charge in [-0.05, 0) is 29.3 Å². The highest BCUT2D eigenvalue weighted by Gasteiger charge is 2.06. The molecule has 29 heavy (non-hydrogen) atoms. The number of nitrogens with zero attached hydrogens (tertiary/aromatic N) is 4. The molecule has 0 unspecified atom stereocenters. The van der Waals surface area contributed by atoms with Gasteiger partial charge in [0.05, 0.1) is 14.2 Å². The van der Waals surface area contributed by atoms with Crippen LogP contribution in [0.3, 0.4) is 0 Å². The fraction of sp³-hybridized carbons (Fsp3) is 0.250. The lowest BCUT2D eigenvalue weighted by molar-refractivity contribution is 0.354. The number of rotatable bonds is 7. The lowest BCUT2D eigenvalue weighted by Crippen LogP contribution is -2.36. The van der Waals surface area contributed by atoms with Crippen LogP contribution in [0.1, 0.15) is 11.1 Å². The number of halogens is 1. The number of ether oxygens (including phenoxy) is 2. The number of methoxy groups -OCH3 is 2. The molecule has 0 saturated heterocycles. The second kappa shape index (κ2) is 11.2. The van der Waals surface area contributed by atoms with Crippen LogP contribution in [0.25, 0.3) is 5.82 Å². The van der Waals surface area contributed by atoms with Crippen molar-refractivity contribution < 1.29 is 9.47 Å². The van der Waals surface area contributed by atoms with Gasteiger partial charge in [-0.25, -0.2) is 9.97 Å². The molecule has 2 N–H and O–H groups in total. The van der Waals surface area contributed by atoms with Crippen LogP contribution in [-0.2, 0) is 13.1 Å². The van der Waals surface area contributed by atoms with Crippen molar-refractivity contribution in [2.24, 2.45) is 4.99 Å². The van der Waals surface area contributed by atoms with E-state index in [4.69, 9.17) is 9.47 Å². The fourth-order valence-corrected chi connectivity index (χ4v) is 2.65. The van der Waals surface area contributed by atoms with Gasteiger partial charge in [0.2, 0.25) is 0 Å². The summed E-state index contributed by atoms with van der Waals surface area (Å²) in [6, 6.07) is 9.80. The standard InChI is InChI=1S/C20H24N6O2.HI/c1-21-20(24-11-15-4-6-17(27-2)18(10-15)28-3)25-13-16-5-7-19(23-12-16)26-9-8-22-14-26;/h4-10,12,14H,11,13H2,1-3H3,(H2,21,24,25);1H. The molecule has 2 heterocycles. The van der Waals surface area contributed by atoms with Crippen LogP contribution in [0, 0.1) is 0 Å². The highest BCUT2D eigenvalue weighted by Crippen LogP contribution is 2.27. The van der Waals surface area contributed by atoms with Crippen LogP contribution in [-0.4, -0.2) is 41.8 Å². The van der Waals surface area contributed by atoms with Crippen molar-refractivity contribution in [1.82, 2.24) is 25.2 Å². The second-order valence-corrected chi connectivity index (χ2v) is 5.96. The molecule has 0 bridgehead atoms.